The molecule has 1 rings (SSSR count). The molecule has 0 amide bonds. The van der Waals surface area contributed by atoms with Gasteiger partial charge in [-0.2, -0.15) is 5.10 Å². The molecule has 1 aromatic rings. The topological polar surface area (TPSA) is 36.3 Å². The number of hydrogen-bond donors (Lipinski definition) is 0. The van der Waals surface area contributed by atoms with E-state index >= 15 is 0 Å². The van der Waals surface area contributed by atoms with Gasteiger partial charge in [0, 0.05) is 19.6 Å². The van der Waals surface area contributed by atoms with Crippen LogP contribution in [0.3, 0.4) is 0 Å². The van der Waals surface area contributed by atoms with Gasteiger partial charge in [-0.15, -0.1) is 0 Å². The summed E-state index contributed by atoms with van der Waals surface area (Å²) in [5.74, 6) is 0.768. The highest BCUT2D eigenvalue weighted by atomic mass is 79.9. The second kappa shape index (κ2) is 6.62. The maximum Gasteiger partial charge on any atom is 0.226 e. The number of nitrogens with zero attached hydrogens (tertiary/aromatic N) is 2. The lowest BCUT2D eigenvalue weighted by Gasteiger charge is -2.38. The van der Waals surface area contributed by atoms with Crippen LogP contribution in [0.25, 0.3) is 0 Å². The average Bonchev–Trinajstić information content (AvgIpc) is 2.58. The Balaban J connectivity index is 2.43. The smallest absolute Gasteiger partial charge is 0.226 e. The molecule has 0 bridgehead atoms. The lowest BCUT2D eigenvalue weighted by molar-refractivity contribution is 0.157. The minimum Gasteiger partial charge on any atom is -0.477 e. The fourth-order valence-corrected chi connectivity index (χ4v) is 3.56. The first-order valence-electron chi connectivity index (χ1n) is 7.02. The molecule has 0 spiro atoms. The minimum absolute atomic E-state index is 0.211. The van der Waals surface area contributed by atoms with Crippen molar-refractivity contribution in [2.45, 2.75) is 58.4 Å². The summed E-state index contributed by atoms with van der Waals surface area (Å²) in [6.45, 7) is 14.1. The van der Waals surface area contributed by atoms with Gasteiger partial charge in [0.25, 0.3) is 0 Å². The summed E-state index contributed by atoms with van der Waals surface area (Å²) in [4.78, 5) is 0. The van der Waals surface area contributed by atoms with Crippen LogP contribution >= 0.6 is 15.9 Å². The van der Waals surface area contributed by atoms with Gasteiger partial charge in [0.05, 0.1) is 17.3 Å². The van der Waals surface area contributed by atoms with Crippen molar-refractivity contribution in [3.63, 3.8) is 0 Å². The highest BCUT2D eigenvalue weighted by molar-refractivity contribution is 9.10. The van der Waals surface area contributed by atoms with Crippen molar-refractivity contribution >= 4 is 24.2 Å². The van der Waals surface area contributed by atoms with Crippen LogP contribution in [0.1, 0.15) is 34.1 Å². The van der Waals surface area contributed by atoms with Crippen LogP contribution in [0.15, 0.2) is 10.7 Å². The molecule has 6 heteroatoms. The predicted octanol–water partition coefficient (Wildman–Crippen LogP) is 4.36. The molecule has 0 radical (unpaired) electrons. The summed E-state index contributed by atoms with van der Waals surface area (Å²) in [6.07, 6.45) is 2.83. The zero-order valence-electron chi connectivity index (χ0n) is 13.7. The van der Waals surface area contributed by atoms with E-state index in [9.17, 15) is 0 Å². The fourth-order valence-electron chi connectivity index (χ4n) is 1.62. The Morgan fingerprint density at radius 1 is 1.40 bits per heavy atom. The zero-order valence-corrected chi connectivity index (χ0v) is 16.2. The van der Waals surface area contributed by atoms with E-state index in [2.05, 4.69) is 61.8 Å². The number of aryl methyl sites for hydroxylation is 1. The number of ether oxygens (including phenoxy) is 1. The van der Waals surface area contributed by atoms with Crippen LogP contribution in [0.2, 0.25) is 18.1 Å². The first-order valence-corrected chi connectivity index (χ1v) is 10.7. The number of halogens is 1. The molecule has 0 N–H and O–H groups in total. The van der Waals surface area contributed by atoms with Gasteiger partial charge in [-0.05, 0) is 41.0 Å². The van der Waals surface area contributed by atoms with Crippen LogP contribution in [0.4, 0.5) is 0 Å². The van der Waals surface area contributed by atoms with E-state index in [0.29, 0.717) is 6.61 Å². The molecule has 0 aliphatic rings. The number of hydrogen-bond acceptors (Lipinski definition) is 3. The molecule has 1 aromatic heterocycles. The third-order valence-corrected chi connectivity index (χ3v) is 9.06. The highest BCUT2D eigenvalue weighted by Gasteiger charge is 2.38. The quantitative estimate of drug-likeness (QED) is 0.705. The summed E-state index contributed by atoms with van der Waals surface area (Å²) in [7, 11) is 0.182. The van der Waals surface area contributed by atoms with Crippen LogP contribution in [-0.2, 0) is 11.5 Å². The Labute approximate surface area is 132 Å². The zero-order chi connectivity index (χ0) is 15.6. The van der Waals surface area contributed by atoms with E-state index in [-0.39, 0.29) is 11.1 Å². The Morgan fingerprint density at radius 2 is 2.00 bits per heavy atom. The van der Waals surface area contributed by atoms with E-state index in [1.807, 2.05) is 7.05 Å². The van der Waals surface area contributed by atoms with Crippen molar-refractivity contribution in [1.82, 2.24) is 9.78 Å². The SMILES string of the molecule is CC(CCOc1c(Br)cnn1C)O[Si](C)(C)C(C)(C)C. The van der Waals surface area contributed by atoms with E-state index in [1.54, 1.807) is 10.9 Å². The van der Waals surface area contributed by atoms with Gasteiger partial charge < -0.3 is 9.16 Å². The summed E-state index contributed by atoms with van der Waals surface area (Å²) in [5.41, 5.74) is 0. The monoisotopic (exact) mass is 362 g/mol. The lowest BCUT2D eigenvalue weighted by atomic mass is 10.2. The molecule has 1 heterocycles. The standard InChI is InChI=1S/C14H27BrN2O2Si/c1-11(19-20(6,7)14(2,3)4)8-9-18-13-12(15)10-16-17(13)5/h10-11H,8-9H2,1-7H3. The normalized spacial score (nSPS) is 14.4. The molecule has 1 unspecified atom stereocenters. The molecule has 20 heavy (non-hydrogen) atoms. The van der Waals surface area contributed by atoms with Gasteiger partial charge >= 0.3 is 0 Å². The van der Waals surface area contributed by atoms with Gasteiger partial charge in [0.1, 0.15) is 0 Å². The average molecular weight is 363 g/mol. The molecule has 4 nitrogen and oxygen atoms in total. The third kappa shape index (κ3) is 4.60. The molecule has 0 fully saturated rings. The molecule has 0 saturated carbocycles. The molecule has 0 aliphatic carbocycles. The maximum atomic E-state index is 6.31. The van der Waals surface area contributed by atoms with E-state index in [1.165, 1.54) is 0 Å². The molecule has 1 atom stereocenters. The van der Waals surface area contributed by atoms with Crippen molar-refractivity contribution in [2.75, 3.05) is 6.61 Å². The lowest BCUT2D eigenvalue weighted by Crippen LogP contribution is -2.43. The Bertz CT molecular complexity index is 421. The molecule has 0 aromatic carbocycles. The first kappa shape index (κ1) is 17.7. The molecular weight excluding hydrogens is 336 g/mol. The fraction of sp³-hybridized carbons (Fsp3) is 0.786. The van der Waals surface area contributed by atoms with Gasteiger partial charge in [0.15, 0.2) is 8.32 Å². The number of rotatable bonds is 6. The Hall–Kier alpha value is -0.333. The van der Waals surface area contributed by atoms with Gasteiger partial charge in [-0.25, -0.2) is 4.68 Å². The van der Waals surface area contributed by atoms with Gasteiger partial charge in [0.2, 0.25) is 5.88 Å². The highest BCUT2D eigenvalue weighted by Crippen LogP contribution is 2.37. The number of aromatic nitrogens is 2. The van der Waals surface area contributed by atoms with Crippen molar-refractivity contribution in [2.24, 2.45) is 7.05 Å². The maximum absolute atomic E-state index is 6.31. The van der Waals surface area contributed by atoms with E-state index in [4.69, 9.17) is 9.16 Å². The minimum atomic E-state index is -1.69. The van der Waals surface area contributed by atoms with Gasteiger partial charge in [-0.3, -0.25) is 0 Å². The second-order valence-corrected chi connectivity index (χ2v) is 12.4. The van der Waals surface area contributed by atoms with E-state index in [0.717, 1.165) is 16.8 Å². The Morgan fingerprint density at radius 3 is 2.45 bits per heavy atom. The summed E-state index contributed by atoms with van der Waals surface area (Å²) < 4.78 is 14.7. The summed E-state index contributed by atoms with van der Waals surface area (Å²) in [5, 5.41) is 4.37. The van der Waals surface area contributed by atoms with Gasteiger partial charge in [-0.1, -0.05) is 20.8 Å². The molecular formula is C14H27BrN2O2Si. The summed E-state index contributed by atoms with van der Waals surface area (Å²) >= 11 is 3.43. The van der Waals surface area contributed by atoms with Crippen molar-refractivity contribution < 1.29 is 9.16 Å². The summed E-state index contributed by atoms with van der Waals surface area (Å²) in [6, 6.07) is 0. The van der Waals surface area contributed by atoms with Crippen LogP contribution in [-0.4, -0.2) is 30.8 Å². The Kier molecular flexibility index (Phi) is 5.86. The molecule has 0 aliphatic heterocycles. The first-order chi connectivity index (χ1) is 9.04. The second-order valence-electron chi connectivity index (χ2n) is 6.75. The largest absolute Gasteiger partial charge is 0.477 e. The van der Waals surface area contributed by atoms with Crippen LogP contribution in [0.5, 0.6) is 5.88 Å². The van der Waals surface area contributed by atoms with E-state index < -0.39 is 8.32 Å². The van der Waals surface area contributed by atoms with Crippen molar-refractivity contribution in [3.8, 4) is 5.88 Å². The third-order valence-electron chi connectivity index (χ3n) is 3.91. The molecule has 116 valence electrons. The van der Waals surface area contributed by atoms with Crippen molar-refractivity contribution in [3.05, 3.63) is 10.7 Å². The van der Waals surface area contributed by atoms with Crippen LogP contribution in [0, 0.1) is 0 Å². The van der Waals surface area contributed by atoms with Crippen LogP contribution < -0.4 is 4.74 Å². The molecule has 0 saturated heterocycles. The van der Waals surface area contributed by atoms with Crippen molar-refractivity contribution in [1.29, 1.82) is 0 Å². The predicted molar refractivity (Wildman–Crippen MR) is 88.8 cm³/mol.